The summed E-state index contributed by atoms with van der Waals surface area (Å²) < 4.78 is 10.0. The molecule has 0 atom stereocenters. The minimum Gasteiger partial charge on any atom is -0.466 e. The van der Waals surface area contributed by atoms with Crippen LogP contribution in [0.2, 0.25) is 0 Å². The van der Waals surface area contributed by atoms with Gasteiger partial charge in [-0.1, -0.05) is 94.4 Å². The van der Waals surface area contributed by atoms with E-state index in [1.165, 1.54) is 26.4 Å². The van der Waals surface area contributed by atoms with Crippen molar-refractivity contribution in [2.45, 2.75) is 0 Å². The Kier molecular flexibility index (Phi) is 14.9. The van der Waals surface area contributed by atoms with Crippen LogP contribution in [0.5, 0.6) is 0 Å². The van der Waals surface area contributed by atoms with Crippen LogP contribution in [0.4, 0.5) is 0 Å². The van der Waals surface area contributed by atoms with E-state index in [2.05, 4.69) is 43.2 Å². The van der Waals surface area contributed by atoms with Crippen molar-refractivity contribution in [3.63, 3.8) is 0 Å². The number of esters is 2. The molecule has 0 heterocycles. The van der Waals surface area contributed by atoms with Crippen molar-refractivity contribution in [3.8, 4) is 24.2 Å². The van der Waals surface area contributed by atoms with E-state index >= 15 is 0 Å². The second kappa shape index (κ2) is 19.0. The van der Waals surface area contributed by atoms with Crippen molar-refractivity contribution in [1.82, 2.24) is 0 Å². The largest absolute Gasteiger partial charge is 0.466 e. The van der Waals surface area contributed by atoms with Gasteiger partial charge in [-0.05, 0) is 71.8 Å². The SMILES string of the molecule is C#Cc1ccccc1.COC(=O)/C=C/c1ccc(Br)cc1.COC(=O)/C=C/c1ccc(C#Cc2ccccc2)cc1. The molecule has 0 spiro atoms. The summed E-state index contributed by atoms with van der Waals surface area (Å²) >= 11 is 3.32. The summed E-state index contributed by atoms with van der Waals surface area (Å²) in [6.45, 7) is 0. The molecule has 4 nitrogen and oxygen atoms in total. The van der Waals surface area contributed by atoms with Crippen LogP contribution >= 0.6 is 15.9 Å². The van der Waals surface area contributed by atoms with E-state index in [0.29, 0.717) is 0 Å². The minimum atomic E-state index is -0.363. The van der Waals surface area contributed by atoms with Crippen molar-refractivity contribution in [1.29, 1.82) is 0 Å². The van der Waals surface area contributed by atoms with Crippen LogP contribution in [0.15, 0.2) is 126 Å². The van der Waals surface area contributed by atoms with Gasteiger partial charge in [0.25, 0.3) is 0 Å². The molecule has 0 N–H and O–H groups in total. The normalized spacial score (nSPS) is 9.61. The molecule has 4 rings (SSSR count). The number of carbonyl (C=O) groups excluding carboxylic acids is 2. The van der Waals surface area contributed by atoms with Gasteiger partial charge >= 0.3 is 11.9 Å². The number of rotatable bonds is 4. The second-order valence-corrected chi connectivity index (χ2v) is 8.93. The number of benzene rings is 4. The predicted molar refractivity (Wildman–Crippen MR) is 169 cm³/mol. The summed E-state index contributed by atoms with van der Waals surface area (Å²) in [7, 11) is 2.71. The summed E-state index contributed by atoms with van der Waals surface area (Å²) in [5.41, 5.74) is 4.76. The molecule has 0 aliphatic rings. The smallest absolute Gasteiger partial charge is 0.330 e. The lowest BCUT2D eigenvalue weighted by Gasteiger charge is -1.94. The van der Waals surface area contributed by atoms with E-state index in [4.69, 9.17) is 6.42 Å². The lowest BCUT2D eigenvalue weighted by Crippen LogP contribution is -1.93. The number of terminal acetylenes is 1. The molecule has 0 fully saturated rings. The maximum atomic E-state index is 11.0. The third-order valence-electron chi connectivity index (χ3n) is 5.07. The zero-order valence-corrected chi connectivity index (χ0v) is 24.4. The van der Waals surface area contributed by atoms with Crippen molar-refractivity contribution in [2.75, 3.05) is 14.2 Å². The van der Waals surface area contributed by atoms with E-state index in [1.54, 1.807) is 12.2 Å². The first-order valence-corrected chi connectivity index (χ1v) is 13.2. The number of carbonyl (C=O) groups is 2. The molecule has 41 heavy (non-hydrogen) atoms. The van der Waals surface area contributed by atoms with E-state index in [-0.39, 0.29) is 11.9 Å². The average molecular weight is 606 g/mol. The monoisotopic (exact) mass is 604 g/mol. The summed E-state index contributed by atoms with van der Waals surface area (Å²) in [6.07, 6.45) is 11.3. The first-order valence-electron chi connectivity index (χ1n) is 12.4. The zero-order chi connectivity index (χ0) is 29.7. The molecule has 4 aromatic carbocycles. The average Bonchev–Trinajstić information content (AvgIpc) is 3.04. The molecule has 0 radical (unpaired) electrons. The summed E-state index contributed by atoms with van der Waals surface area (Å²) in [5.74, 6) is 8.02. The van der Waals surface area contributed by atoms with Gasteiger partial charge in [0.1, 0.15) is 0 Å². The Morgan fingerprint density at radius 3 is 1.39 bits per heavy atom. The third kappa shape index (κ3) is 14.0. The quantitative estimate of drug-likeness (QED) is 0.137. The van der Waals surface area contributed by atoms with Gasteiger partial charge in [-0.25, -0.2) is 9.59 Å². The molecular weight excluding hydrogens is 576 g/mol. The van der Waals surface area contributed by atoms with Crippen LogP contribution in [0.1, 0.15) is 27.8 Å². The maximum Gasteiger partial charge on any atom is 0.330 e. The highest BCUT2D eigenvalue weighted by Gasteiger charge is 1.93. The van der Waals surface area contributed by atoms with E-state index in [0.717, 1.165) is 32.3 Å². The summed E-state index contributed by atoms with van der Waals surface area (Å²) in [6, 6.07) is 34.7. The molecule has 0 amide bonds. The van der Waals surface area contributed by atoms with Crippen molar-refractivity contribution in [3.05, 3.63) is 154 Å². The van der Waals surface area contributed by atoms with Crippen LogP contribution < -0.4 is 0 Å². The van der Waals surface area contributed by atoms with Gasteiger partial charge in [0, 0.05) is 33.3 Å². The first kappa shape index (κ1) is 32.1. The first-order chi connectivity index (χ1) is 19.9. The third-order valence-corrected chi connectivity index (χ3v) is 5.60. The van der Waals surface area contributed by atoms with Gasteiger partial charge in [-0.2, -0.15) is 0 Å². The molecule has 4 aromatic rings. The lowest BCUT2D eigenvalue weighted by molar-refractivity contribution is -0.135. The molecule has 0 unspecified atom stereocenters. The Labute approximate surface area is 250 Å². The lowest BCUT2D eigenvalue weighted by atomic mass is 10.1. The molecule has 0 aromatic heterocycles. The topological polar surface area (TPSA) is 52.6 Å². The highest BCUT2D eigenvalue weighted by Crippen LogP contribution is 2.11. The van der Waals surface area contributed by atoms with Crippen molar-refractivity contribution >= 4 is 40.0 Å². The number of halogens is 1. The van der Waals surface area contributed by atoms with Crippen LogP contribution in [0, 0.1) is 24.2 Å². The van der Waals surface area contributed by atoms with E-state index in [1.807, 2.05) is 109 Å². The molecule has 0 aliphatic heterocycles. The summed E-state index contributed by atoms with van der Waals surface area (Å²) in [5, 5.41) is 0. The molecule has 0 bridgehead atoms. The molecule has 0 saturated carbocycles. The highest BCUT2D eigenvalue weighted by atomic mass is 79.9. The number of methoxy groups -OCH3 is 2. The molecule has 0 aliphatic carbocycles. The summed E-state index contributed by atoms with van der Waals surface area (Å²) in [4.78, 5) is 21.7. The van der Waals surface area contributed by atoms with Gasteiger partial charge < -0.3 is 9.47 Å². The molecule has 204 valence electrons. The van der Waals surface area contributed by atoms with Crippen LogP contribution in [0.25, 0.3) is 12.2 Å². The number of ether oxygens (including phenoxy) is 2. The minimum absolute atomic E-state index is 0.345. The molecule has 0 saturated heterocycles. The fourth-order valence-electron chi connectivity index (χ4n) is 2.92. The van der Waals surface area contributed by atoms with Gasteiger partial charge in [0.2, 0.25) is 0 Å². The Bertz CT molecular complexity index is 1520. The van der Waals surface area contributed by atoms with Crippen molar-refractivity contribution in [2.24, 2.45) is 0 Å². The van der Waals surface area contributed by atoms with Gasteiger partial charge in [0.05, 0.1) is 14.2 Å². The molecule has 5 heteroatoms. The Hall–Kier alpha value is -5.10. The predicted octanol–water partition coefficient (Wildman–Crippen LogP) is 7.58. The van der Waals surface area contributed by atoms with Crippen LogP contribution in [0.3, 0.4) is 0 Å². The fourth-order valence-corrected chi connectivity index (χ4v) is 3.18. The maximum absolute atomic E-state index is 11.0. The zero-order valence-electron chi connectivity index (χ0n) is 22.8. The van der Waals surface area contributed by atoms with Crippen molar-refractivity contribution < 1.29 is 19.1 Å². The fraction of sp³-hybridized carbons (Fsp3) is 0.0556. The number of hydrogen-bond acceptors (Lipinski definition) is 4. The number of hydrogen-bond donors (Lipinski definition) is 0. The van der Waals surface area contributed by atoms with E-state index in [9.17, 15) is 9.59 Å². The highest BCUT2D eigenvalue weighted by molar-refractivity contribution is 9.10. The van der Waals surface area contributed by atoms with Crippen LogP contribution in [-0.4, -0.2) is 26.2 Å². The second-order valence-electron chi connectivity index (χ2n) is 8.01. The Morgan fingerprint density at radius 1 is 0.610 bits per heavy atom. The van der Waals surface area contributed by atoms with Gasteiger partial charge in [-0.15, -0.1) is 6.42 Å². The van der Waals surface area contributed by atoms with E-state index < -0.39 is 0 Å². The standard InChI is InChI=1S/C18H14O2.C10H9BrO2.C8H6/c1-20-18(19)14-13-17-11-9-16(10-12-17)8-7-15-5-3-2-4-6-15;1-13-10(12)7-4-8-2-5-9(11)6-3-8;1-2-8-6-4-3-5-7-8/h2-6,9-14H,1H3;2-7H,1H3;1,3-7H/b14-13+;7-4+;. The van der Waals surface area contributed by atoms with Crippen LogP contribution in [-0.2, 0) is 19.1 Å². The molecular formula is C36H29BrO4. The van der Waals surface area contributed by atoms with Gasteiger partial charge in [0.15, 0.2) is 0 Å². The van der Waals surface area contributed by atoms with Gasteiger partial charge in [-0.3, -0.25) is 0 Å². The Morgan fingerprint density at radius 2 is 1.00 bits per heavy atom. The Balaban J connectivity index is 0.000000239.